The van der Waals surface area contributed by atoms with Crippen molar-refractivity contribution >= 4 is 11.8 Å². The zero-order valence-electron chi connectivity index (χ0n) is 14.5. The molecule has 0 amide bonds. The summed E-state index contributed by atoms with van der Waals surface area (Å²) in [6, 6.07) is 0. The Morgan fingerprint density at radius 2 is 1.74 bits per heavy atom. The first-order chi connectivity index (χ1) is 8.96. The van der Waals surface area contributed by atoms with Gasteiger partial charge in [0.2, 0.25) is 0 Å². The molecule has 1 rings (SSSR count). The zero-order chi connectivity index (χ0) is 15.5. The number of rotatable bonds is 3. The van der Waals surface area contributed by atoms with Crippen LogP contribution in [0.4, 0.5) is 0 Å². The lowest BCUT2D eigenvalue weighted by atomic mass is 9.95. The van der Waals surface area contributed by atoms with Crippen LogP contribution >= 0.6 is 11.8 Å². The third kappa shape index (κ3) is 9.34. The van der Waals surface area contributed by atoms with Gasteiger partial charge in [-0.15, -0.1) is 11.8 Å². The number of hydrogen-bond donors (Lipinski definition) is 0. The second kappa shape index (κ2) is 11.6. The van der Waals surface area contributed by atoms with Crippen molar-refractivity contribution in [3.8, 4) is 0 Å². The Labute approximate surface area is 126 Å². The van der Waals surface area contributed by atoms with E-state index in [2.05, 4.69) is 38.5 Å². The molecule has 0 saturated heterocycles. The molecule has 1 aliphatic rings. The fraction of sp³-hybridized carbons (Fsp3) is 0.765. The molecule has 0 atom stereocenters. The standard InChI is InChI=1S/C13H23NS.2C2H6/c1-6-11-9-14(10-13(2,3)4)8-7-12(11)15-5;2*1-2/h6H,1,7-10H2,2-5H3;2*1-2H3. The Hall–Kier alpha value is -0.210. The average Bonchev–Trinajstić information content (AvgIpc) is 2.41. The molecule has 0 saturated carbocycles. The quantitative estimate of drug-likeness (QED) is 0.664. The van der Waals surface area contributed by atoms with E-state index in [0.29, 0.717) is 5.41 Å². The third-order valence-electron chi connectivity index (χ3n) is 2.60. The minimum Gasteiger partial charge on any atom is -0.298 e. The molecule has 114 valence electrons. The number of thioether (sulfide) groups is 1. The highest BCUT2D eigenvalue weighted by Crippen LogP contribution is 2.28. The van der Waals surface area contributed by atoms with Gasteiger partial charge in [-0.2, -0.15) is 0 Å². The van der Waals surface area contributed by atoms with E-state index in [1.807, 2.05) is 45.5 Å². The summed E-state index contributed by atoms with van der Waals surface area (Å²) in [7, 11) is 0. The van der Waals surface area contributed by atoms with E-state index in [4.69, 9.17) is 0 Å². The Morgan fingerprint density at radius 1 is 1.21 bits per heavy atom. The fourth-order valence-electron chi connectivity index (χ4n) is 2.05. The molecule has 0 spiro atoms. The van der Waals surface area contributed by atoms with Crippen molar-refractivity contribution in [1.29, 1.82) is 0 Å². The van der Waals surface area contributed by atoms with Crippen molar-refractivity contribution in [1.82, 2.24) is 4.90 Å². The van der Waals surface area contributed by atoms with Crippen molar-refractivity contribution in [3.63, 3.8) is 0 Å². The van der Waals surface area contributed by atoms with E-state index < -0.39 is 0 Å². The molecule has 0 aromatic heterocycles. The van der Waals surface area contributed by atoms with Crippen molar-refractivity contribution in [2.45, 2.75) is 54.9 Å². The van der Waals surface area contributed by atoms with Crippen LogP contribution in [0.2, 0.25) is 0 Å². The maximum atomic E-state index is 3.92. The van der Waals surface area contributed by atoms with Crippen LogP contribution in [0.3, 0.4) is 0 Å². The van der Waals surface area contributed by atoms with E-state index in [1.54, 1.807) is 0 Å². The van der Waals surface area contributed by atoms with Gasteiger partial charge in [0.15, 0.2) is 0 Å². The predicted octanol–water partition coefficient (Wildman–Crippen LogP) is 5.59. The van der Waals surface area contributed by atoms with Gasteiger partial charge in [-0.3, -0.25) is 4.90 Å². The molecule has 0 radical (unpaired) electrons. The maximum Gasteiger partial charge on any atom is 0.0241 e. The van der Waals surface area contributed by atoms with E-state index in [9.17, 15) is 0 Å². The lowest BCUT2D eigenvalue weighted by Gasteiger charge is -2.34. The van der Waals surface area contributed by atoms with E-state index in [1.165, 1.54) is 30.0 Å². The highest BCUT2D eigenvalue weighted by atomic mass is 32.2. The largest absolute Gasteiger partial charge is 0.298 e. The summed E-state index contributed by atoms with van der Waals surface area (Å²) < 4.78 is 0. The van der Waals surface area contributed by atoms with Crippen LogP contribution in [0.5, 0.6) is 0 Å². The van der Waals surface area contributed by atoms with Gasteiger partial charge >= 0.3 is 0 Å². The smallest absolute Gasteiger partial charge is 0.0241 e. The summed E-state index contributed by atoms with van der Waals surface area (Å²) in [5.74, 6) is 0. The van der Waals surface area contributed by atoms with Crippen LogP contribution in [0.1, 0.15) is 54.9 Å². The first-order valence-corrected chi connectivity index (χ1v) is 8.79. The molecule has 0 aliphatic carbocycles. The summed E-state index contributed by atoms with van der Waals surface area (Å²) in [5.41, 5.74) is 1.82. The second-order valence-electron chi connectivity index (χ2n) is 5.38. The van der Waals surface area contributed by atoms with Crippen LogP contribution in [0.15, 0.2) is 23.1 Å². The zero-order valence-corrected chi connectivity index (χ0v) is 15.3. The third-order valence-corrected chi connectivity index (χ3v) is 3.56. The van der Waals surface area contributed by atoms with Gasteiger partial charge in [0.25, 0.3) is 0 Å². The van der Waals surface area contributed by atoms with Crippen molar-refractivity contribution in [3.05, 3.63) is 23.1 Å². The molecule has 0 fully saturated rings. The predicted molar refractivity (Wildman–Crippen MR) is 93.9 cm³/mol. The lowest BCUT2D eigenvalue weighted by Crippen LogP contribution is -2.37. The first kappa shape index (κ1) is 21.1. The molecule has 1 heterocycles. The molecule has 0 aromatic rings. The van der Waals surface area contributed by atoms with Gasteiger partial charge < -0.3 is 0 Å². The molecular formula is C17H35NS. The van der Waals surface area contributed by atoms with Crippen molar-refractivity contribution in [2.24, 2.45) is 5.41 Å². The Kier molecular flexibility index (Phi) is 12.9. The molecule has 2 heteroatoms. The van der Waals surface area contributed by atoms with E-state index in [-0.39, 0.29) is 0 Å². The SMILES string of the molecule is C=CC1=C(SC)CCN(CC(C)(C)C)C1.CC.CC. The molecule has 19 heavy (non-hydrogen) atoms. The Bertz CT molecular complexity index is 261. The van der Waals surface area contributed by atoms with Gasteiger partial charge in [-0.25, -0.2) is 0 Å². The second-order valence-corrected chi connectivity index (χ2v) is 6.28. The van der Waals surface area contributed by atoms with Gasteiger partial charge in [-0.05, 0) is 28.6 Å². The molecular weight excluding hydrogens is 250 g/mol. The molecule has 0 aromatic carbocycles. The minimum absolute atomic E-state index is 0.392. The van der Waals surface area contributed by atoms with Gasteiger partial charge in [0.1, 0.15) is 0 Å². The van der Waals surface area contributed by atoms with Gasteiger partial charge in [0.05, 0.1) is 0 Å². The highest BCUT2D eigenvalue weighted by molar-refractivity contribution is 8.02. The molecule has 1 aliphatic heterocycles. The van der Waals surface area contributed by atoms with Crippen LogP contribution in [0, 0.1) is 5.41 Å². The molecule has 0 bridgehead atoms. The number of nitrogens with zero attached hydrogens (tertiary/aromatic N) is 1. The first-order valence-electron chi connectivity index (χ1n) is 7.57. The van der Waals surface area contributed by atoms with Gasteiger partial charge in [-0.1, -0.05) is 61.1 Å². The normalized spacial score (nSPS) is 16.0. The van der Waals surface area contributed by atoms with E-state index >= 15 is 0 Å². The lowest BCUT2D eigenvalue weighted by molar-refractivity contribution is 0.201. The van der Waals surface area contributed by atoms with Crippen LogP contribution < -0.4 is 0 Å². The molecule has 1 nitrogen and oxygen atoms in total. The minimum atomic E-state index is 0.392. The monoisotopic (exact) mass is 285 g/mol. The van der Waals surface area contributed by atoms with Crippen molar-refractivity contribution < 1.29 is 0 Å². The number of hydrogen-bond acceptors (Lipinski definition) is 2. The van der Waals surface area contributed by atoms with Crippen LogP contribution in [-0.2, 0) is 0 Å². The topological polar surface area (TPSA) is 3.24 Å². The van der Waals surface area contributed by atoms with Gasteiger partial charge in [0, 0.05) is 19.6 Å². The summed E-state index contributed by atoms with van der Waals surface area (Å²) >= 11 is 1.88. The average molecular weight is 286 g/mol. The molecule has 0 unspecified atom stereocenters. The Morgan fingerprint density at radius 3 is 2.11 bits per heavy atom. The summed E-state index contributed by atoms with van der Waals surface area (Å²) in [4.78, 5) is 4.06. The summed E-state index contributed by atoms with van der Waals surface area (Å²) in [6.45, 7) is 22.3. The fourth-order valence-corrected chi connectivity index (χ4v) is 2.75. The van der Waals surface area contributed by atoms with Crippen molar-refractivity contribution in [2.75, 3.05) is 25.9 Å². The maximum absolute atomic E-state index is 3.92. The van der Waals surface area contributed by atoms with E-state index in [0.717, 1.165) is 6.54 Å². The summed E-state index contributed by atoms with van der Waals surface area (Å²) in [5, 5.41) is 0. The highest BCUT2D eigenvalue weighted by Gasteiger charge is 2.21. The molecule has 0 N–H and O–H groups in total. The van der Waals surface area contributed by atoms with Crippen LogP contribution in [-0.4, -0.2) is 30.8 Å². The van der Waals surface area contributed by atoms with Crippen LogP contribution in [0.25, 0.3) is 0 Å². The Balaban J connectivity index is 0. The summed E-state index contributed by atoms with van der Waals surface area (Å²) in [6.07, 6.45) is 5.39.